The first kappa shape index (κ1) is 23.4. The lowest BCUT2D eigenvalue weighted by Crippen LogP contribution is -2.48. The van der Waals surface area contributed by atoms with Crippen LogP contribution in [0.3, 0.4) is 0 Å². The van der Waals surface area contributed by atoms with E-state index in [0.29, 0.717) is 34.9 Å². The summed E-state index contributed by atoms with van der Waals surface area (Å²) in [4.78, 5) is 35.2. The van der Waals surface area contributed by atoms with E-state index in [9.17, 15) is 9.59 Å². The number of benzene rings is 2. The molecule has 1 aliphatic rings. The second kappa shape index (κ2) is 10.5. The van der Waals surface area contributed by atoms with Crippen LogP contribution in [0.5, 0.6) is 0 Å². The standard InChI is InChI=1S/C27H28N4O3S/c1-20-7-2-3-8-21(20)17-29-12-14-30(15-13-29)25(32)19-35-27-28-24-11-5-4-10-23(24)26(33)31(27)18-22-9-6-16-34-22/h2-11,16H,12-15,17-19H2,1H3. The molecule has 3 heterocycles. The van der Waals surface area contributed by atoms with Gasteiger partial charge in [0.15, 0.2) is 5.16 Å². The van der Waals surface area contributed by atoms with Crippen molar-refractivity contribution in [3.8, 4) is 0 Å². The Morgan fingerprint density at radius 2 is 1.74 bits per heavy atom. The SMILES string of the molecule is Cc1ccccc1CN1CCN(C(=O)CSc2nc3ccccc3c(=O)n2Cc2ccco2)CC1. The van der Waals surface area contributed by atoms with Gasteiger partial charge in [-0.3, -0.25) is 19.1 Å². The van der Waals surface area contributed by atoms with Crippen LogP contribution in [0.1, 0.15) is 16.9 Å². The molecule has 5 rings (SSSR count). The summed E-state index contributed by atoms with van der Waals surface area (Å²) in [6.07, 6.45) is 1.59. The van der Waals surface area contributed by atoms with Gasteiger partial charge in [0, 0.05) is 32.7 Å². The molecule has 0 atom stereocenters. The first-order valence-electron chi connectivity index (χ1n) is 11.8. The molecule has 35 heavy (non-hydrogen) atoms. The van der Waals surface area contributed by atoms with Crippen molar-refractivity contribution in [2.75, 3.05) is 31.9 Å². The van der Waals surface area contributed by atoms with Crippen molar-refractivity contribution < 1.29 is 9.21 Å². The number of fused-ring (bicyclic) bond motifs is 1. The zero-order valence-electron chi connectivity index (χ0n) is 19.7. The molecule has 1 saturated heterocycles. The predicted molar refractivity (Wildman–Crippen MR) is 138 cm³/mol. The summed E-state index contributed by atoms with van der Waals surface area (Å²) in [7, 11) is 0. The van der Waals surface area contributed by atoms with Crippen molar-refractivity contribution in [2.24, 2.45) is 0 Å². The number of thioether (sulfide) groups is 1. The van der Waals surface area contributed by atoms with Crippen LogP contribution in [-0.4, -0.2) is 57.2 Å². The largest absolute Gasteiger partial charge is 0.467 e. The maximum atomic E-state index is 13.2. The minimum absolute atomic E-state index is 0.0671. The van der Waals surface area contributed by atoms with Crippen molar-refractivity contribution in [3.63, 3.8) is 0 Å². The van der Waals surface area contributed by atoms with Crippen LogP contribution in [0, 0.1) is 6.92 Å². The molecule has 0 spiro atoms. The van der Waals surface area contributed by atoms with Gasteiger partial charge in [0.25, 0.3) is 5.56 Å². The molecule has 0 radical (unpaired) electrons. The van der Waals surface area contributed by atoms with E-state index in [4.69, 9.17) is 9.40 Å². The number of carbonyl (C=O) groups excluding carboxylic acids is 1. The number of furan rings is 1. The highest BCUT2D eigenvalue weighted by Crippen LogP contribution is 2.20. The Hall–Kier alpha value is -3.36. The Morgan fingerprint density at radius 1 is 0.971 bits per heavy atom. The Kier molecular flexibility index (Phi) is 7.01. The second-order valence-corrected chi connectivity index (χ2v) is 9.70. The Labute approximate surface area is 208 Å². The zero-order chi connectivity index (χ0) is 24.2. The second-order valence-electron chi connectivity index (χ2n) is 8.75. The van der Waals surface area contributed by atoms with Crippen LogP contribution in [0.2, 0.25) is 0 Å². The number of nitrogens with zero attached hydrogens (tertiary/aromatic N) is 4. The van der Waals surface area contributed by atoms with Gasteiger partial charge < -0.3 is 9.32 Å². The molecular formula is C27H28N4O3S. The number of aryl methyl sites for hydroxylation is 1. The van der Waals surface area contributed by atoms with Gasteiger partial charge in [-0.25, -0.2) is 4.98 Å². The zero-order valence-corrected chi connectivity index (χ0v) is 20.5. The van der Waals surface area contributed by atoms with Gasteiger partial charge in [-0.05, 0) is 42.3 Å². The third-order valence-electron chi connectivity index (χ3n) is 6.43. The normalized spacial score (nSPS) is 14.5. The van der Waals surface area contributed by atoms with Gasteiger partial charge in [0.2, 0.25) is 5.91 Å². The third-order valence-corrected chi connectivity index (χ3v) is 7.39. The summed E-state index contributed by atoms with van der Waals surface area (Å²) in [6, 6.07) is 19.4. The molecule has 0 bridgehead atoms. The van der Waals surface area contributed by atoms with Crippen LogP contribution in [-0.2, 0) is 17.9 Å². The quantitative estimate of drug-likeness (QED) is 0.291. The van der Waals surface area contributed by atoms with Crippen LogP contribution in [0.4, 0.5) is 0 Å². The molecule has 0 aliphatic carbocycles. The smallest absolute Gasteiger partial charge is 0.262 e. The van der Waals surface area contributed by atoms with Crippen molar-refractivity contribution in [1.82, 2.24) is 19.4 Å². The fraction of sp³-hybridized carbons (Fsp3) is 0.296. The number of rotatable bonds is 7. The van der Waals surface area contributed by atoms with Crippen molar-refractivity contribution in [3.05, 3.63) is 94.2 Å². The van der Waals surface area contributed by atoms with E-state index >= 15 is 0 Å². The maximum Gasteiger partial charge on any atom is 0.262 e. The molecule has 0 unspecified atom stereocenters. The molecule has 2 aromatic carbocycles. The van der Waals surface area contributed by atoms with E-state index in [-0.39, 0.29) is 23.8 Å². The molecule has 8 heteroatoms. The number of hydrogen-bond acceptors (Lipinski definition) is 6. The first-order chi connectivity index (χ1) is 17.1. The Balaban J connectivity index is 1.25. The lowest BCUT2D eigenvalue weighted by atomic mass is 10.1. The van der Waals surface area contributed by atoms with Crippen LogP contribution in [0.15, 0.2) is 81.3 Å². The lowest BCUT2D eigenvalue weighted by Gasteiger charge is -2.35. The number of amides is 1. The summed E-state index contributed by atoms with van der Waals surface area (Å²) >= 11 is 1.31. The van der Waals surface area contributed by atoms with E-state index in [1.165, 1.54) is 22.9 Å². The molecule has 180 valence electrons. The van der Waals surface area contributed by atoms with Crippen LogP contribution < -0.4 is 5.56 Å². The fourth-order valence-corrected chi connectivity index (χ4v) is 5.26. The number of aromatic nitrogens is 2. The predicted octanol–water partition coefficient (Wildman–Crippen LogP) is 3.78. The summed E-state index contributed by atoms with van der Waals surface area (Å²) in [6.45, 7) is 6.43. The fourth-order valence-electron chi connectivity index (χ4n) is 4.36. The van der Waals surface area contributed by atoms with E-state index in [1.54, 1.807) is 23.0 Å². The van der Waals surface area contributed by atoms with Crippen molar-refractivity contribution >= 4 is 28.6 Å². The molecule has 1 aliphatic heterocycles. The van der Waals surface area contributed by atoms with Crippen LogP contribution in [0.25, 0.3) is 10.9 Å². The Bertz CT molecular complexity index is 1370. The Morgan fingerprint density at radius 3 is 2.51 bits per heavy atom. The topological polar surface area (TPSA) is 71.6 Å². The minimum Gasteiger partial charge on any atom is -0.467 e. The summed E-state index contributed by atoms with van der Waals surface area (Å²) in [5.41, 5.74) is 3.13. The minimum atomic E-state index is -0.133. The summed E-state index contributed by atoms with van der Waals surface area (Å²) < 4.78 is 7.06. The highest BCUT2D eigenvalue weighted by atomic mass is 32.2. The molecule has 4 aromatic rings. The van der Waals surface area contributed by atoms with E-state index in [1.807, 2.05) is 29.2 Å². The van der Waals surface area contributed by atoms with E-state index < -0.39 is 0 Å². The highest BCUT2D eigenvalue weighted by Gasteiger charge is 2.22. The molecule has 2 aromatic heterocycles. The average Bonchev–Trinajstić information content (AvgIpc) is 3.40. The molecule has 7 nitrogen and oxygen atoms in total. The summed E-state index contributed by atoms with van der Waals surface area (Å²) in [5, 5.41) is 1.08. The molecule has 0 saturated carbocycles. The molecule has 0 N–H and O–H groups in total. The lowest BCUT2D eigenvalue weighted by molar-refractivity contribution is -0.130. The van der Waals surface area contributed by atoms with Crippen LogP contribution >= 0.6 is 11.8 Å². The molecular weight excluding hydrogens is 460 g/mol. The molecule has 1 amide bonds. The number of para-hydroxylation sites is 1. The van der Waals surface area contributed by atoms with Gasteiger partial charge in [0.1, 0.15) is 5.76 Å². The highest BCUT2D eigenvalue weighted by molar-refractivity contribution is 7.99. The number of piperazine rings is 1. The van der Waals surface area contributed by atoms with Gasteiger partial charge in [-0.2, -0.15) is 0 Å². The van der Waals surface area contributed by atoms with E-state index in [0.717, 1.165) is 19.6 Å². The monoisotopic (exact) mass is 488 g/mol. The van der Waals surface area contributed by atoms with Gasteiger partial charge >= 0.3 is 0 Å². The van der Waals surface area contributed by atoms with Gasteiger partial charge in [0.05, 0.1) is 29.5 Å². The maximum absolute atomic E-state index is 13.2. The molecule has 1 fully saturated rings. The van der Waals surface area contributed by atoms with Crippen molar-refractivity contribution in [2.45, 2.75) is 25.2 Å². The van der Waals surface area contributed by atoms with Crippen molar-refractivity contribution in [1.29, 1.82) is 0 Å². The number of hydrogen-bond donors (Lipinski definition) is 0. The third kappa shape index (κ3) is 5.33. The van der Waals surface area contributed by atoms with Gasteiger partial charge in [-0.1, -0.05) is 48.2 Å². The van der Waals surface area contributed by atoms with Gasteiger partial charge in [-0.15, -0.1) is 0 Å². The summed E-state index contributed by atoms with van der Waals surface area (Å²) in [5.74, 6) is 0.973. The number of carbonyl (C=O) groups is 1. The first-order valence-corrected chi connectivity index (χ1v) is 12.8. The van der Waals surface area contributed by atoms with E-state index in [2.05, 4.69) is 36.1 Å². The average molecular weight is 489 g/mol.